The Morgan fingerprint density at radius 3 is 2.63 bits per heavy atom. The zero-order chi connectivity index (χ0) is 20.3. The first kappa shape index (κ1) is 18.5. The second kappa shape index (κ2) is 8.08. The third kappa shape index (κ3) is 3.82. The van der Waals surface area contributed by atoms with Crippen molar-refractivity contribution in [2.24, 2.45) is 0 Å². The smallest absolute Gasteiger partial charge is 0.227 e. The summed E-state index contributed by atoms with van der Waals surface area (Å²) in [4.78, 5) is 14.0. The van der Waals surface area contributed by atoms with Crippen molar-refractivity contribution < 1.29 is 0 Å². The van der Waals surface area contributed by atoms with Gasteiger partial charge in [0.1, 0.15) is 5.82 Å². The molecule has 3 heterocycles. The van der Waals surface area contributed by atoms with E-state index in [0.717, 1.165) is 54.5 Å². The maximum atomic E-state index is 4.89. The summed E-state index contributed by atoms with van der Waals surface area (Å²) in [5, 5.41) is 6.85. The van der Waals surface area contributed by atoms with Crippen molar-refractivity contribution in [3.05, 3.63) is 95.3 Å². The van der Waals surface area contributed by atoms with E-state index in [1.165, 1.54) is 11.1 Å². The van der Waals surface area contributed by atoms with Gasteiger partial charge in [0.25, 0.3) is 0 Å². The molecule has 0 spiro atoms. The van der Waals surface area contributed by atoms with Gasteiger partial charge >= 0.3 is 0 Å². The summed E-state index contributed by atoms with van der Waals surface area (Å²) in [6.45, 7) is 3.78. The van der Waals surface area contributed by atoms with Crippen LogP contribution in [0.5, 0.6) is 0 Å². The Labute approximate surface area is 176 Å². The van der Waals surface area contributed by atoms with Crippen LogP contribution in [0.1, 0.15) is 28.3 Å². The van der Waals surface area contributed by atoms with E-state index in [1.54, 1.807) is 0 Å². The average Bonchev–Trinajstić information content (AvgIpc) is 3.21. The molecule has 6 nitrogen and oxygen atoms in total. The average molecular weight is 396 g/mol. The molecule has 0 radical (unpaired) electrons. The van der Waals surface area contributed by atoms with Crippen molar-refractivity contribution in [3.63, 3.8) is 0 Å². The summed E-state index contributed by atoms with van der Waals surface area (Å²) in [6, 6.07) is 18.7. The topological polar surface area (TPSA) is 67.7 Å². The molecule has 0 bridgehead atoms. The van der Waals surface area contributed by atoms with Crippen LogP contribution in [0.15, 0.2) is 67.0 Å². The molecule has 2 N–H and O–H groups in total. The zero-order valence-corrected chi connectivity index (χ0v) is 17.0. The van der Waals surface area contributed by atoms with Crippen LogP contribution in [-0.4, -0.2) is 26.1 Å². The van der Waals surface area contributed by atoms with Gasteiger partial charge in [-0.25, -0.2) is 15.0 Å². The molecule has 0 fully saturated rings. The van der Waals surface area contributed by atoms with E-state index in [0.29, 0.717) is 5.95 Å². The minimum atomic E-state index is 0.660. The van der Waals surface area contributed by atoms with Crippen molar-refractivity contribution in [1.82, 2.24) is 24.8 Å². The Kier molecular flexibility index (Phi) is 4.99. The fraction of sp³-hybridized carbons (Fsp3) is 0.208. The molecule has 1 aliphatic rings. The predicted octanol–water partition coefficient (Wildman–Crippen LogP) is 3.95. The lowest BCUT2D eigenvalue weighted by atomic mass is 10.0. The molecule has 30 heavy (non-hydrogen) atoms. The van der Waals surface area contributed by atoms with Crippen LogP contribution in [0.25, 0.3) is 5.69 Å². The highest BCUT2D eigenvalue weighted by molar-refractivity contribution is 5.56. The molecule has 5 rings (SSSR count). The minimum Gasteiger partial charge on any atom is -0.324 e. The Bertz CT molecular complexity index is 1150. The van der Waals surface area contributed by atoms with Gasteiger partial charge in [-0.05, 0) is 36.8 Å². The van der Waals surface area contributed by atoms with Crippen LogP contribution in [0.4, 0.5) is 11.6 Å². The molecule has 0 amide bonds. The van der Waals surface area contributed by atoms with Crippen molar-refractivity contribution in [2.45, 2.75) is 26.3 Å². The largest absolute Gasteiger partial charge is 0.324 e. The van der Waals surface area contributed by atoms with Crippen LogP contribution in [0.3, 0.4) is 0 Å². The molecule has 0 atom stereocenters. The summed E-state index contributed by atoms with van der Waals surface area (Å²) in [7, 11) is 0. The number of hydrogen-bond acceptors (Lipinski definition) is 5. The van der Waals surface area contributed by atoms with Gasteiger partial charge in [0.05, 0.1) is 11.4 Å². The Morgan fingerprint density at radius 2 is 1.87 bits per heavy atom. The van der Waals surface area contributed by atoms with Crippen molar-refractivity contribution in [1.29, 1.82) is 0 Å². The fourth-order valence-electron chi connectivity index (χ4n) is 3.89. The number of fused-ring (bicyclic) bond motifs is 1. The van der Waals surface area contributed by atoms with Crippen LogP contribution in [-0.2, 0) is 19.4 Å². The van der Waals surface area contributed by atoms with E-state index in [9.17, 15) is 0 Å². The number of hydrogen-bond donors (Lipinski definition) is 2. The molecule has 4 aromatic rings. The van der Waals surface area contributed by atoms with Crippen LogP contribution >= 0.6 is 0 Å². The van der Waals surface area contributed by atoms with Crippen molar-refractivity contribution >= 4 is 11.6 Å². The quantitative estimate of drug-likeness (QED) is 0.535. The van der Waals surface area contributed by atoms with Crippen molar-refractivity contribution in [2.75, 3.05) is 11.9 Å². The minimum absolute atomic E-state index is 0.660. The fourth-order valence-corrected chi connectivity index (χ4v) is 3.89. The molecular weight excluding hydrogens is 372 g/mol. The molecular formula is C24H24N6. The number of benzene rings is 2. The van der Waals surface area contributed by atoms with Crippen LogP contribution < -0.4 is 10.6 Å². The number of imidazole rings is 1. The van der Waals surface area contributed by atoms with Crippen LogP contribution in [0.2, 0.25) is 0 Å². The monoisotopic (exact) mass is 396 g/mol. The normalized spacial score (nSPS) is 13.1. The van der Waals surface area contributed by atoms with E-state index in [1.807, 2.05) is 25.4 Å². The second-order valence-corrected chi connectivity index (χ2v) is 7.52. The summed E-state index contributed by atoms with van der Waals surface area (Å²) < 4.78 is 2.06. The van der Waals surface area contributed by atoms with E-state index in [-0.39, 0.29) is 0 Å². The lowest BCUT2D eigenvalue weighted by Gasteiger charge is -2.20. The van der Waals surface area contributed by atoms with Crippen molar-refractivity contribution in [3.8, 4) is 5.69 Å². The Morgan fingerprint density at radius 1 is 1.03 bits per heavy atom. The zero-order valence-electron chi connectivity index (χ0n) is 17.0. The third-order valence-electron chi connectivity index (χ3n) is 5.46. The van der Waals surface area contributed by atoms with Crippen LogP contribution in [0, 0.1) is 6.92 Å². The van der Waals surface area contributed by atoms with Gasteiger partial charge in [-0.2, -0.15) is 0 Å². The number of nitrogens with one attached hydrogen (secondary N) is 2. The van der Waals surface area contributed by atoms with E-state index in [2.05, 4.69) is 68.7 Å². The van der Waals surface area contributed by atoms with E-state index >= 15 is 0 Å². The standard InChI is InChI=1S/C24H24N6/c1-17-26-13-14-30(17)20-9-7-19(8-10-20)27-24-28-22-11-12-25-16-21(22)23(29-24)15-18-5-3-2-4-6-18/h2-10,13-14,25H,11-12,15-16H2,1H3,(H,27,28,29). The molecule has 0 saturated heterocycles. The second-order valence-electron chi connectivity index (χ2n) is 7.52. The molecule has 0 unspecified atom stereocenters. The number of rotatable bonds is 5. The predicted molar refractivity (Wildman–Crippen MR) is 118 cm³/mol. The molecule has 150 valence electrons. The van der Waals surface area contributed by atoms with Gasteiger partial charge in [-0.1, -0.05) is 30.3 Å². The Hall–Kier alpha value is -3.51. The van der Waals surface area contributed by atoms with Gasteiger partial charge in [0, 0.05) is 55.3 Å². The highest BCUT2D eigenvalue weighted by Crippen LogP contribution is 2.23. The number of anilines is 2. The first-order valence-electron chi connectivity index (χ1n) is 10.3. The molecule has 0 saturated carbocycles. The van der Waals surface area contributed by atoms with E-state index < -0.39 is 0 Å². The number of nitrogens with zero attached hydrogens (tertiary/aromatic N) is 4. The summed E-state index contributed by atoms with van der Waals surface area (Å²) in [5.74, 6) is 1.63. The number of aromatic nitrogens is 4. The molecule has 2 aromatic heterocycles. The van der Waals surface area contributed by atoms with Gasteiger partial charge in [0.2, 0.25) is 5.95 Å². The summed E-state index contributed by atoms with van der Waals surface area (Å²) in [6.07, 6.45) is 5.51. The number of aryl methyl sites for hydroxylation is 1. The van der Waals surface area contributed by atoms with Gasteiger partial charge in [0.15, 0.2) is 0 Å². The molecule has 0 aliphatic carbocycles. The highest BCUT2D eigenvalue weighted by Gasteiger charge is 2.18. The van der Waals surface area contributed by atoms with E-state index in [4.69, 9.17) is 9.97 Å². The third-order valence-corrected chi connectivity index (χ3v) is 5.46. The van der Waals surface area contributed by atoms with Gasteiger partial charge in [-0.3, -0.25) is 0 Å². The lowest BCUT2D eigenvalue weighted by molar-refractivity contribution is 0.619. The molecule has 6 heteroatoms. The summed E-state index contributed by atoms with van der Waals surface area (Å²) in [5.41, 5.74) is 6.78. The maximum absolute atomic E-state index is 4.89. The maximum Gasteiger partial charge on any atom is 0.227 e. The first-order valence-corrected chi connectivity index (χ1v) is 10.3. The first-order chi connectivity index (χ1) is 14.8. The molecule has 2 aromatic carbocycles. The molecule has 1 aliphatic heterocycles. The van der Waals surface area contributed by atoms with Gasteiger partial charge in [-0.15, -0.1) is 0 Å². The lowest BCUT2D eigenvalue weighted by Crippen LogP contribution is -2.27. The Balaban J connectivity index is 1.43. The summed E-state index contributed by atoms with van der Waals surface area (Å²) >= 11 is 0. The van der Waals surface area contributed by atoms with Gasteiger partial charge < -0.3 is 15.2 Å². The SMILES string of the molecule is Cc1nccn1-c1ccc(Nc2nc3c(c(Cc4ccccc4)n2)CNCC3)cc1. The highest BCUT2D eigenvalue weighted by atomic mass is 15.1.